The normalized spacial score (nSPS) is 9.81. The topological polar surface area (TPSA) is 80.3 Å². The Kier molecular flexibility index (Phi) is 3.45. The van der Waals surface area contributed by atoms with Crippen molar-refractivity contribution >= 4 is 17.5 Å². The van der Waals surface area contributed by atoms with Gasteiger partial charge in [-0.15, -0.1) is 0 Å². The van der Waals surface area contributed by atoms with Crippen molar-refractivity contribution in [2.45, 2.75) is 13.3 Å². The third-order valence-electron chi connectivity index (χ3n) is 2.30. The summed E-state index contributed by atoms with van der Waals surface area (Å²) >= 11 is 0. The number of carbonyl (C=O) groups excluding carboxylic acids is 2. The van der Waals surface area contributed by atoms with Gasteiger partial charge in [0.05, 0.1) is 11.9 Å². The molecule has 0 amide bonds. The van der Waals surface area contributed by atoms with Gasteiger partial charge in [-0.3, -0.25) is 0 Å². The molecule has 0 unspecified atom stereocenters. The third-order valence-corrected chi connectivity index (χ3v) is 2.30. The first-order valence-electron chi connectivity index (χ1n) is 4.72. The van der Waals surface area contributed by atoms with E-state index in [9.17, 15) is 19.8 Å². The van der Waals surface area contributed by atoms with Crippen molar-refractivity contribution in [1.29, 1.82) is 0 Å². The molecular weight excluding hydrogens is 208 g/mol. The molecule has 4 heteroatoms. The highest BCUT2D eigenvalue weighted by Crippen LogP contribution is 2.22. The fourth-order valence-electron chi connectivity index (χ4n) is 1.43. The van der Waals surface area contributed by atoms with E-state index in [1.54, 1.807) is 6.92 Å². The van der Waals surface area contributed by atoms with Crippen LogP contribution in [0.15, 0.2) is 24.8 Å². The molecular formula is C12H10O4-2. The molecule has 0 aliphatic carbocycles. The van der Waals surface area contributed by atoms with Gasteiger partial charge in [-0.05, 0) is 17.6 Å². The van der Waals surface area contributed by atoms with Crippen LogP contribution in [0.1, 0.15) is 39.6 Å². The lowest BCUT2D eigenvalue weighted by Gasteiger charge is -2.17. The van der Waals surface area contributed by atoms with Crippen LogP contribution in [0.4, 0.5) is 0 Å². The molecule has 1 rings (SSSR count). The summed E-state index contributed by atoms with van der Waals surface area (Å²) in [6.45, 7) is 5.48. The van der Waals surface area contributed by atoms with Gasteiger partial charge in [0, 0.05) is 11.1 Å². The number of carboxylic acid groups (broad SMARTS) is 2. The van der Waals surface area contributed by atoms with E-state index >= 15 is 0 Å². The second-order valence-electron chi connectivity index (χ2n) is 3.26. The maximum Gasteiger partial charge on any atom is 0.0728 e. The lowest BCUT2D eigenvalue weighted by atomic mass is 9.95. The molecule has 1 aromatic rings. The molecule has 0 N–H and O–H groups in total. The Morgan fingerprint density at radius 3 is 2.19 bits per heavy atom. The van der Waals surface area contributed by atoms with Crippen LogP contribution in [0.2, 0.25) is 0 Å². The summed E-state index contributed by atoms with van der Waals surface area (Å²) < 4.78 is 0. The number of carboxylic acids is 2. The van der Waals surface area contributed by atoms with Crippen LogP contribution < -0.4 is 10.2 Å². The van der Waals surface area contributed by atoms with Crippen molar-refractivity contribution in [2.24, 2.45) is 0 Å². The molecule has 4 nitrogen and oxygen atoms in total. The molecule has 0 atom stereocenters. The average molecular weight is 218 g/mol. The van der Waals surface area contributed by atoms with Crippen molar-refractivity contribution in [3.63, 3.8) is 0 Å². The molecule has 0 heterocycles. The maximum atomic E-state index is 10.9. The third kappa shape index (κ3) is 2.11. The van der Waals surface area contributed by atoms with E-state index in [1.807, 2.05) is 0 Å². The standard InChI is InChI=1S/C12H12O4/c1-3-7(2)8-5-4-6-9(11(13)14)10(8)12(15)16/h4-6H,2-3H2,1H3,(H,13,14)(H,15,16)/p-2. The van der Waals surface area contributed by atoms with Crippen molar-refractivity contribution in [1.82, 2.24) is 0 Å². The SMILES string of the molecule is C=C(CC)c1cccc(C(=O)[O-])c1C(=O)[O-]. The molecule has 0 saturated carbocycles. The monoisotopic (exact) mass is 218 g/mol. The van der Waals surface area contributed by atoms with Gasteiger partial charge in [0.2, 0.25) is 0 Å². The number of benzene rings is 1. The Labute approximate surface area is 92.8 Å². The van der Waals surface area contributed by atoms with E-state index in [0.717, 1.165) is 0 Å². The first-order valence-corrected chi connectivity index (χ1v) is 4.72. The van der Waals surface area contributed by atoms with Gasteiger partial charge in [-0.1, -0.05) is 31.7 Å². The molecule has 84 valence electrons. The molecule has 16 heavy (non-hydrogen) atoms. The van der Waals surface area contributed by atoms with Crippen molar-refractivity contribution in [3.8, 4) is 0 Å². The second kappa shape index (κ2) is 4.61. The minimum Gasteiger partial charge on any atom is -0.545 e. The summed E-state index contributed by atoms with van der Waals surface area (Å²) in [7, 11) is 0. The van der Waals surface area contributed by atoms with Gasteiger partial charge in [0.25, 0.3) is 0 Å². The zero-order valence-corrected chi connectivity index (χ0v) is 8.78. The summed E-state index contributed by atoms with van der Waals surface area (Å²) in [6.07, 6.45) is 0.525. The number of carbonyl (C=O) groups is 2. The molecule has 0 aromatic heterocycles. The predicted molar refractivity (Wildman–Crippen MR) is 54.4 cm³/mol. The number of aromatic carboxylic acids is 2. The highest BCUT2D eigenvalue weighted by molar-refractivity contribution is 6.03. The van der Waals surface area contributed by atoms with E-state index < -0.39 is 11.9 Å². The van der Waals surface area contributed by atoms with E-state index in [-0.39, 0.29) is 16.7 Å². The predicted octanol–water partition coefficient (Wildman–Crippen LogP) is -0.163. The smallest absolute Gasteiger partial charge is 0.0728 e. The Balaban J connectivity index is 3.51. The minimum absolute atomic E-state index is 0.282. The van der Waals surface area contributed by atoms with Gasteiger partial charge >= 0.3 is 0 Å². The van der Waals surface area contributed by atoms with Crippen molar-refractivity contribution < 1.29 is 19.8 Å². The Bertz CT molecular complexity index is 460. The zero-order chi connectivity index (χ0) is 12.3. The van der Waals surface area contributed by atoms with E-state index in [2.05, 4.69) is 6.58 Å². The number of hydrogen-bond acceptors (Lipinski definition) is 4. The molecule has 0 fully saturated rings. The minimum atomic E-state index is -1.54. The Morgan fingerprint density at radius 1 is 1.19 bits per heavy atom. The van der Waals surface area contributed by atoms with E-state index in [1.165, 1.54) is 18.2 Å². The Morgan fingerprint density at radius 2 is 1.75 bits per heavy atom. The lowest BCUT2D eigenvalue weighted by molar-refractivity contribution is -0.259. The van der Waals surface area contributed by atoms with Gasteiger partial charge in [0.1, 0.15) is 0 Å². The average Bonchev–Trinajstić information content (AvgIpc) is 2.26. The largest absolute Gasteiger partial charge is 0.545 e. The Hall–Kier alpha value is -2.10. The number of hydrogen-bond donors (Lipinski definition) is 0. The van der Waals surface area contributed by atoms with Crippen LogP contribution in [0, 0.1) is 0 Å². The van der Waals surface area contributed by atoms with Gasteiger partial charge in [-0.2, -0.15) is 0 Å². The summed E-state index contributed by atoms with van der Waals surface area (Å²) in [5, 5.41) is 21.7. The van der Waals surface area contributed by atoms with Gasteiger partial charge in [-0.25, -0.2) is 0 Å². The summed E-state index contributed by atoms with van der Waals surface area (Å²) in [5.41, 5.74) is 0.0768. The first-order chi connectivity index (χ1) is 7.49. The first kappa shape index (κ1) is 12.0. The number of rotatable bonds is 4. The van der Waals surface area contributed by atoms with Crippen LogP contribution in [-0.2, 0) is 0 Å². The summed E-state index contributed by atoms with van der Waals surface area (Å²) in [4.78, 5) is 21.7. The van der Waals surface area contributed by atoms with Crippen LogP contribution in [0.3, 0.4) is 0 Å². The van der Waals surface area contributed by atoms with Gasteiger partial charge < -0.3 is 19.8 Å². The number of allylic oxidation sites excluding steroid dienone is 1. The fourth-order valence-corrected chi connectivity index (χ4v) is 1.43. The fraction of sp³-hybridized carbons (Fsp3) is 0.167. The molecule has 0 aliphatic rings. The summed E-state index contributed by atoms with van der Waals surface area (Å²) in [6, 6.07) is 4.13. The second-order valence-corrected chi connectivity index (χ2v) is 3.26. The zero-order valence-electron chi connectivity index (χ0n) is 8.78. The highest BCUT2D eigenvalue weighted by atomic mass is 16.4. The molecule has 0 bridgehead atoms. The van der Waals surface area contributed by atoms with Crippen LogP contribution >= 0.6 is 0 Å². The lowest BCUT2D eigenvalue weighted by Crippen LogP contribution is -2.31. The molecule has 0 radical (unpaired) electrons. The molecule has 0 spiro atoms. The highest BCUT2D eigenvalue weighted by Gasteiger charge is 2.11. The van der Waals surface area contributed by atoms with Crippen LogP contribution in [0.25, 0.3) is 5.57 Å². The van der Waals surface area contributed by atoms with E-state index in [4.69, 9.17) is 0 Å². The van der Waals surface area contributed by atoms with Crippen molar-refractivity contribution in [3.05, 3.63) is 41.5 Å². The molecule has 1 aromatic carbocycles. The van der Waals surface area contributed by atoms with E-state index in [0.29, 0.717) is 12.0 Å². The molecule has 0 aliphatic heterocycles. The molecule has 0 saturated heterocycles. The van der Waals surface area contributed by atoms with Crippen LogP contribution in [-0.4, -0.2) is 11.9 Å². The van der Waals surface area contributed by atoms with Crippen LogP contribution in [0.5, 0.6) is 0 Å². The van der Waals surface area contributed by atoms with Gasteiger partial charge in [0.15, 0.2) is 0 Å². The quantitative estimate of drug-likeness (QED) is 0.703. The summed E-state index contributed by atoms with van der Waals surface area (Å²) in [5.74, 6) is -3.07. The van der Waals surface area contributed by atoms with Crippen molar-refractivity contribution in [2.75, 3.05) is 0 Å². The maximum absolute atomic E-state index is 10.9.